The van der Waals surface area contributed by atoms with Gasteiger partial charge in [-0.3, -0.25) is 0 Å². The van der Waals surface area contributed by atoms with E-state index >= 15 is 0 Å². The molecular formula is C13H15ClF2N2O3. The largest absolute Gasteiger partial charge is 0.388 e. The first-order chi connectivity index (χ1) is 9.89. The molecule has 1 heterocycles. The van der Waals surface area contributed by atoms with E-state index in [2.05, 4.69) is 10.6 Å². The van der Waals surface area contributed by atoms with Crippen molar-refractivity contribution in [1.29, 1.82) is 0 Å². The Balaban J connectivity index is 1.93. The predicted molar refractivity (Wildman–Crippen MR) is 73.4 cm³/mol. The molecule has 0 aliphatic carbocycles. The molecule has 1 aliphatic heterocycles. The quantitative estimate of drug-likeness (QED) is 0.800. The molecule has 0 spiro atoms. The van der Waals surface area contributed by atoms with Crippen molar-refractivity contribution in [2.24, 2.45) is 0 Å². The Morgan fingerprint density at radius 3 is 2.48 bits per heavy atom. The lowest BCUT2D eigenvalue weighted by molar-refractivity contribution is -0.0598. The smallest absolute Gasteiger partial charge is 0.319 e. The van der Waals surface area contributed by atoms with Gasteiger partial charge in [0.2, 0.25) is 0 Å². The summed E-state index contributed by atoms with van der Waals surface area (Å²) < 4.78 is 32.1. The number of carbonyl (C=O) groups is 1. The van der Waals surface area contributed by atoms with Crippen molar-refractivity contribution in [3.63, 3.8) is 0 Å². The number of nitrogens with one attached hydrogen (secondary N) is 2. The highest BCUT2D eigenvalue weighted by Crippen LogP contribution is 2.23. The van der Waals surface area contributed by atoms with Crippen LogP contribution in [-0.4, -0.2) is 36.5 Å². The lowest BCUT2D eigenvalue weighted by atomic mass is 9.94. The second-order valence-electron chi connectivity index (χ2n) is 4.89. The minimum Gasteiger partial charge on any atom is -0.388 e. The van der Waals surface area contributed by atoms with E-state index in [-0.39, 0.29) is 11.6 Å². The lowest BCUT2D eigenvalue weighted by Crippen LogP contribution is -2.47. The number of aliphatic hydroxyl groups is 1. The molecule has 2 amide bonds. The van der Waals surface area contributed by atoms with Gasteiger partial charge in [-0.2, -0.15) is 0 Å². The number of carbonyl (C=O) groups excluding carboxylic acids is 1. The summed E-state index contributed by atoms with van der Waals surface area (Å²) in [6.07, 6.45) is 0.772. The van der Waals surface area contributed by atoms with Crippen LogP contribution in [0, 0.1) is 11.6 Å². The zero-order chi connectivity index (χ0) is 15.5. The number of rotatable bonds is 3. The first-order valence-electron chi connectivity index (χ1n) is 6.39. The first kappa shape index (κ1) is 15.9. The van der Waals surface area contributed by atoms with Crippen molar-refractivity contribution in [1.82, 2.24) is 5.32 Å². The van der Waals surface area contributed by atoms with Crippen molar-refractivity contribution in [2.45, 2.75) is 18.4 Å². The molecule has 3 N–H and O–H groups in total. The molecule has 0 saturated carbocycles. The molecule has 0 aromatic heterocycles. The second kappa shape index (κ2) is 6.55. The molecule has 0 radical (unpaired) electrons. The first-order valence-corrected chi connectivity index (χ1v) is 6.77. The number of ether oxygens (including phenoxy) is 1. The highest BCUT2D eigenvalue weighted by Gasteiger charge is 2.30. The molecule has 1 aromatic carbocycles. The van der Waals surface area contributed by atoms with E-state index in [0.29, 0.717) is 26.1 Å². The molecule has 1 fully saturated rings. The normalized spacial score (nSPS) is 17.3. The summed E-state index contributed by atoms with van der Waals surface area (Å²) in [6.45, 7) is 0.777. The fourth-order valence-corrected chi connectivity index (χ4v) is 2.18. The van der Waals surface area contributed by atoms with E-state index in [9.17, 15) is 18.7 Å². The van der Waals surface area contributed by atoms with E-state index in [1.165, 1.54) is 0 Å². The van der Waals surface area contributed by atoms with Crippen LogP contribution in [0.2, 0.25) is 5.02 Å². The highest BCUT2D eigenvalue weighted by atomic mass is 35.5. The fourth-order valence-electron chi connectivity index (χ4n) is 1.99. The summed E-state index contributed by atoms with van der Waals surface area (Å²) in [5.74, 6) is -1.94. The van der Waals surface area contributed by atoms with Gasteiger partial charge in [0.15, 0.2) is 11.6 Å². The van der Waals surface area contributed by atoms with Crippen LogP contribution >= 0.6 is 11.6 Å². The average molecular weight is 321 g/mol. The van der Waals surface area contributed by atoms with Gasteiger partial charge in [-0.25, -0.2) is 13.6 Å². The summed E-state index contributed by atoms with van der Waals surface area (Å²) in [5, 5.41) is 14.5. The molecule has 1 aromatic rings. The van der Waals surface area contributed by atoms with E-state index in [1.54, 1.807) is 0 Å². The molecule has 21 heavy (non-hydrogen) atoms. The molecular weight excluding hydrogens is 306 g/mol. The second-order valence-corrected chi connectivity index (χ2v) is 5.33. The number of hydrogen-bond acceptors (Lipinski definition) is 3. The van der Waals surface area contributed by atoms with Crippen LogP contribution in [0.4, 0.5) is 19.3 Å². The third kappa shape index (κ3) is 4.26. The Bertz CT molecular complexity index is 513. The summed E-state index contributed by atoms with van der Waals surface area (Å²) in [6, 6.07) is 0.980. The zero-order valence-corrected chi connectivity index (χ0v) is 11.8. The van der Waals surface area contributed by atoms with Crippen molar-refractivity contribution >= 4 is 23.3 Å². The van der Waals surface area contributed by atoms with E-state index < -0.39 is 29.0 Å². The number of hydrogen-bond donors (Lipinski definition) is 3. The van der Waals surface area contributed by atoms with Crippen LogP contribution < -0.4 is 10.6 Å². The minimum atomic E-state index is -1.06. The number of halogens is 3. The summed E-state index contributed by atoms with van der Waals surface area (Å²) in [5.41, 5.74) is -1.65. The SMILES string of the molecule is O=C(NCC1(O)CCOCC1)Nc1c(F)cc(Cl)cc1F. The highest BCUT2D eigenvalue weighted by molar-refractivity contribution is 6.30. The Kier molecular flexibility index (Phi) is 4.97. The number of benzene rings is 1. The van der Waals surface area contributed by atoms with Gasteiger partial charge in [-0.15, -0.1) is 0 Å². The van der Waals surface area contributed by atoms with Crippen LogP contribution in [-0.2, 0) is 4.74 Å². The van der Waals surface area contributed by atoms with Crippen molar-refractivity contribution in [2.75, 3.05) is 25.1 Å². The maximum Gasteiger partial charge on any atom is 0.319 e. The third-order valence-electron chi connectivity index (χ3n) is 3.25. The molecule has 8 heteroatoms. The van der Waals surface area contributed by atoms with Gasteiger partial charge < -0.3 is 20.5 Å². The molecule has 116 valence electrons. The molecule has 5 nitrogen and oxygen atoms in total. The standard InChI is InChI=1S/C13H15ClF2N2O3/c14-8-5-9(15)11(10(16)6-8)18-12(19)17-7-13(20)1-3-21-4-2-13/h5-6,20H,1-4,7H2,(H2,17,18,19). The topological polar surface area (TPSA) is 70.6 Å². The summed E-state index contributed by atoms with van der Waals surface area (Å²) in [7, 11) is 0. The fraction of sp³-hybridized carbons (Fsp3) is 0.462. The molecule has 0 atom stereocenters. The van der Waals surface area contributed by atoms with Gasteiger partial charge >= 0.3 is 6.03 Å². The van der Waals surface area contributed by atoms with E-state index in [0.717, 1.165) is 12.1 Å². The summed E-state index contributed by atoms with van der Waals surface area (Å²) in [4.78, 5) is 11.7. The molecule has 0 bridgehead atoms. The average Bonchev–Trinajstić information content (AvgIpc) is 2.41. The van der Waals surface area contributed by atoms with Crippen LogP contribution in [0.15, 0.2) is 12.1 Å². The van der Waals surface area contributed by atoms with Gasteiger partial charge in [0, 0.05) is 37.6 Å². The molecule has 1 aliphatic rings. The van der Waals surface area contributed by atoms with Crippen molar-refractivity contribution < 1.29 is 23.4 Å². The predicted octanol–water partition coefficient (Wildman–Crippen LogP) is 2.28. The van der Waals surface area contributed by atoms with Crippen LogP contribution in [0.5, 0.6) is 0 Å². The zero-order valence-electron chi connectivity index (χ0n) is 11.1. The van der Waals surface area contributed by atoms with Gasteiger partial charge in [0.05, 0.1) is 5.60 Å². The Hall–Kier alpha value is -1.44. The number of urea groups is 1. The van der Waals surface area contributed by atoms with Crippen LogP contribution in [0.3, 0.4) is 0 Å². The van der Waals surface area contributed by atoms with E-state index in [4.69, 9.17) is 16.3 Å². The molecule has 0 unspecified atom stereocenters. The van der Waals surface area contributed by atoms with Crippen molar-refractivity contribution in [3.05, 3.63) is 28.8 Å². The van der Waals surface area contributed by atoms with E-state index in [1.807, 2.05) is 0 Å². The maximum absolute atomic E-state index is 13.5. The van der Waals surface area contributed by atoms with Crippen molar-refractivity contribution in [3.8, 4) is 0 Å². The van der Waals surface area contributed by atoms with Crippen LogP contribution in [0.25, 0.3) is 0 Å². The minimum absolute atomic E-state index is 0.0287. The monoisotopic (exact) mass is 320 g/mol. The van der Waals surface area contributed by atoms with Gasteiger partial charge in [-0.1, -0.05) is 11.6 Å². The lowest BCUT2D eigenvalue weighted by Gasteiger charge is -2.32. The molecule has 1 saturated heterocycles. The van der Waals surface area contributed by atoms with Gasteiger partial charge in [-0.05, 0) is 12.1 Å². The Labute approximate surface area is 125 Å². The van der Waals surface area contributed by atoms with Gasteiger partial charge in [0.25, 0.3) is 0 Å². The van der Waals surface area contributed by atoms with Gasteiger partial charge in [0.1, 0.15) is 5.69 Å². The number of anilines is 1. The van der Waals surface area contributed by atoms with Crippen LogP contribution in [0.1, 0.15) is 12.8 Å². The molecule has 2 rings (SSSR count). The maximum atomic E-state index is 13.5. The number of amides is 2. The third-order valence-corrected chi connectivity index (χ3v) is 3.47. The summed E-state index contributed by atoms with van der Waals surface area (Å²) >= 11 is 5.49. The Morgan fingerprint density at radius 2 is 1.90 bits per heavy atom. The Morgan fingerprint density at radius 1 is 1.33 bits per heavy atom.